The smallest absolute Gasteiger partial charge is 0.303 e. The molecule has 0 aliphatic carbocycles. The fourth-order valence-electron chi connectivity index (χ4n) is 2.90. The summed E-state index contributed by atoms with van der Waals surface area (Å²) in [5, 5.41) is 9.45. The lowest BCUT2D eigenvalue weighted by Crippen LogP contribution is -2.43. The number of carboxylic acids is 1. The van der Waals surface area contributed by atoms with Crippen molar-refractivity contribution in [1.82, 2.24) is 9.80 Å². The minimum atomic E-state index is -0.711. The number of carbonyl (C=O) groups is 3. The zero-order chi connectivity index (χ0) is 20.1. The van der Waals surface area contributed by atoms with Gasteiger partial charge in [-0.1, -0.05) is 19.1 Å². The van der Waals surface area contributed by atoms with Gasteiger partial charge in [-0.2, -0.15) is 0 Å². The van der Waals surface area contributed by atoms with Gasteiger partial charge in [-0.15, -0.1) is 0 Å². The highest BCUT2D eigenvalue weighted by Crippen LogP contribution is 2.31. The zero-order valence-electron chi connectivity index (χ0n) is 15.9. The molecule has 1 aliphatic rings. The first-order valence-corrected chi connectivity index (χ1v) is 8.81. The first-order valence-electron chi connectivity index (χ1n) is 8.81. The van der Waals surface area contributed by atoms with Crippen molar-refractivity contribution in [2.24, 2.45) is 0 Å². The highest BCUT2D eigenvalue weighted by atomic mass is 16.4. The SMILES string of the molecule is CCCC(=O)O.CN(C)CCN1C(=O)c2cccc3cc(N)cc(c23)C1=O. The molecule has 7 nitrogen and oxygen atoms in total. The van der Waals surface area contributed by atoms with Gasteiger partial charge in [0.25, 0.3) is 11.8 Å². The van der Waals surface area contributed by atoms with E-state index in [1.165, 1.54) is 4.90 Å². The van der Waals surface area contributed by atoms with Crippen LogP contribution in [-0.4, -0.2) is 59.9 Å². The number of hydrogen-bond donors (Lipinski definition) is 2. The lowest BCUT2D eigenvalue weighted by Gasteiger charge is -2.28. The van der Waals surface area contributed by atoms with Gasteiger partial charge in [-0.25, -0.2) is 0 Å². The van der Waals surface area contributed by atoms with Crippen LogP contribution in [0.4, 0.5) is 5.69 Å². The molecule has 0 spiro atoms. The molecule has 0 fully saturated rings. The molecule has 144 valence electrons. The summed E-state index contributed by atoms with van der Waals surface area (Å²) in [6, 6.07) is 8.90. The summed E-state index contributed by atoms with van der Waals surface area (Å²) < 4.78 is 0. The van der Waals surface area contributed by atoms with Gasteiger partial charge in [0.05, 0.1) is 5.56 Å². The van der Waals surface area contributed by atoms with E-state index < -0.39 is 5.97 Å². The Bertz CT molecular complexity index is 877. The van der Waals surface area contributed by atoms with E-state index in [0.717, 1.165) is 11.8 Å². The van der Waals surface area contributed by atoms with E-state index in [9.17, 15) is 14.4 Å². The molecule has 2 amide bonds. The third-order valence-corrected chi connectivity index (χ3v) is 4.19. The van der Waals surface area contributed by atoms with Gasteiger partial charge in [0, 0.05) is 36.1 Å². The second-order valence-electron chi connectivity index (χ2n) is 6.68. The van der Waals surface area contributed by atoms with E-state index in [2.05, 4.69) is 0 Å². The molecule has 0 aromatic heterocycles. The third-order valence-electron chi connectivity index (χ3n) is 4.19. The molecular formula is C20H25N3O4. The third kappa shape index (κ3) is 4.62. The van der Waals surface area contributed by atoms with E-state index >= 15 is 0 Å². The van der Waals surface area contributed by atoms with Crippen molar-refractivity contribution in [2.75, 3.05) is 32.9 Å². The predicted octanol–water partition coefficient (Wildman–Crippen LogP) is 2.45. The summed E-state index contributed by atoms with van der Waals surface area (Å²) >= 11 is 0. The van der Waals surface area contributed by atoms with Crippen LogP contribution in [0.1, 0.15) is 40.5 Å². The molecule has 2 aromatic carbocycles. The van der Waals surface area contributed by atoms with Crippen LogP contribution in [0.5, 0.6) is 0 Å². The number of carboxylic acid groups (broad SMARTS) is 1. The summed E-state index contributed by atoms with van der Waals surface area (Å²) in [5.74, 6) is -1.21. The number of amides is 2. The molecule has 0 unspecified atom stereocenters. The quantitative estimate of drug-likeness (QED) is 0.618. The second-order valence-corrected chi connectivity index (χ2v) is 6.68. The van der Waals surface area contributed by atoms with Gasteiger partial charge in [0.1, 0.15) is 0 Å². The Kier molecular flexibility index (Phi) is 6.52. The van der Waals surface area contributed by atoms with Crippen LogP contribution in [-0.2, 0) is 4.79 Å². The van der Waals surface area contributed by atoms with Crippen LogP contribution in [0, 0.1) is 0 Å². The van der Waals surface area contributed by atoms with Crippen LogP contribution in [0.15, 0.2) is 30.3 Å². The number of aliphatic carboxylic acids is 1. The minimum absolute atomic E-state index is 0.232. The number of imide groups is 1. The van der Waals surface area contributed by atoms with Gasteiger partial charge in [-0.3, -0.25) is 19.3 Å². The highest BCUT2D eigenvalue weighted by molar-refractivity contribution is 6.25. The molecule has 3 N–H and O–H groups in total. The summed E-state index contributed by atoms with van der Waals surface area (Å²) in [5.41, 5.74) is 7.49. The first-order chi connectivity index (χ1) is 12.8. The highest BCUT2D eigenvalue weighted by Gasteiger charge is 2.32. The standard InChI is InChI=1S/C16H17N3O2.C4H8O2/c1-18(2)6-7-19-15(20)12-5-3-4-10-8-11(17)9-13(14(10)12)16(19)21;1-2-3-4(5)6/h3-5,8-9H,6-7,17H2,1-2H3;2-3H2,1H3,(H,5,6). The maximum atomic E-state index is 12.6. The van der Waals surface area contributed by atoms with Crippen molar-refractivity contribution in [3.05, 3.63) is 41.5 Å². The first kappa shape index (κ1) is 20.4. The van der Waals surface area contributed by atoms with Gasteiger partial charge in [0.15, 0.2) is 0 Å². The van der Waals surface area contributed by atoms with Crippen molar-refractivity contribution in [1.29, 1.82) is 0 Å². The van der Waals surface area contributed by atoms with Crippen molar-refractivity contribution in [3.63, 3.8) is 0 Å². The van der Waals surface area contributed by atoms with Crippen molar-refractivity contribution < 1.29 is 19.5 Å². The van der Waals surface area contributed by atoms with E-state index in [1.807, 2.05) is 38.1 Å². The maximum absolute atomic E-state index is 12.6. The number of rotatable bonds is 5. The lowest BCUT2D eigenvalue weighted by molar-refractivity contribution is -0.137. The molecular weight excluding hydrogens is 346 g/mol. The van der Waals surface area contributed by atoms with E-state index in [0.29, 0.717) is 41.7 Å². The van der Waals surface area contributed by atoms with Crippen LogP contribution in [0.2, 0.25) is 0 Å². The van der Waals surface area contributed by atoms with Gasteiger partial charge in [-0.05, 0) is 44.1 Å². The van der Waals surface area contributed by atoms with Gasteiger partial charge in [0.2, 0.25) is 0 Å². The minimum Gasteiger partial charge on any atom is -0.481 e. The van der Waals surface area contributed by atoms with Crippen molar-refractivity contribution >= 4 is 34.2 Å². The normalized spacial score (nSPS) is 13.0. The molecule has 0 bridgehead atoms. The molecule has 0 atom stereocenters. The molecule has 0 saturated carbocycles. The molecule has 0 saturated heterocycles. The Morgan fingerprint density at radius 2 is 1.81 bits per heavy atom. The summed E-state index contributed by atoms with van der Waals surface area (Å²) in [6.45, 7) is 2.84. The fourth-order valence-corrected chi connectivity index (χ4v) is 2.90. The number of nitrogens with zero attached hydrogens (tertiary/aromatic N) is 2. The molecule has 2 aromatic rings. The molecule has 1 aliphatic heterocycles. The lowest BCUT2D eigenvalue weighted by atomic mass is 9.93. The maximum Gasteiger partial charge on any atom is 0.303 e. The number of carbonyl (C=O) groups excluding carboxylic acids is 2. The Labute approximate surface area is 158 Å². The number of anilines is 1. The van der Waals surface area contributed by atoms with Crippen LogP contribution < -0.4 is 5.73 Å². The number of benzene rings is 2. The molecule has 0 radical (unpaired) electrons. The van der Waals surface area contributed by atoms with E-state index in [1.54, 1.807) is 18.2 Å². The topological polar surface area (TPSA) is 104 Å². The average Bonchev–Trinajstić information content (AvgIpc) is 2.59. The zero-order valence-corrected chi connectivity index (χ0v) is 15.9. The molecule has 7 heteroatoms. The number of hydrogen-bond acceptors (Lipinski definition) is 5. The van der Waals surface area contributed by atoms with Crippen LogP contribution in [0.25, 0.3) is 10.8 Å². The molecule has 27 heavy (non-hydrogen) atoms. The Morgan fingerprint density at radius 1 is 1.15 bits per heavy atom. The Morgan fingerprint density at radius 3 is 2.37 bits per heavy atom. The van der Waals surface area contributed by atoms with E-state index in [4.69, 9.17) is 10.8 Å². The summed E-state index contributed by atoms with van der Waals surface area (Å²) in [6.07, 6.45) is 1.02. The molecule has 3 rings (SSSR count). The van der Waals surface area contributed by atoms with Crippen molar-refractivity contribution in [3.8, 4) is 0 Å². The summed E-state index contributed by atoms with van der Waals surface area (Å²) in [7, 11) is 3.82. The predicted molar refractivity (Wildman–Crippen MR) is 105 cm³/mol. The Hall–Kier alpha value is -2.93. The molecule has 1 heterocycles. The van der Waals surface area contributed by atoms with Crippen LogP contribution >= 0.6 is 0 Å². The largest absolute Gasteiger partial charge is 0.481 e. The second kappa shape index (κ2) is 8.64. The van der Waals surface area contributed by atoms with Gasteiger partial charge >= 0.3 is 5.97 Å². The number of nitrogen functional groups attached to an aromatic ring is 1. The number of nitrogens with two attached hydrogens (primary N) is 1. The average molecular weight is 371 g/mol. The van der Waals surface area contributed by atoms with Crippen LogP contribution in [0.3, 0.4) is 0 Å². The Balaban J connectivity index is 0.000000380. The monoisotopic (exact) mass is 371 g/mol. The fraction of sp³-hybridized carbons (Fsp3) is 0.350. The number of likely N-dealkylation sites (N-methyl/N-ethyl adjacent to an activating group) is 1. The van der Waals surface area contributed by atoms with Crippen molar-refractivity contribution in [2.45, 2.75) is 19.8 Å². The van der Waals surface area contributed by atoms with E-state index in [-0.39, 0.29) is 11.8 Å². The summed E-state index contributed by atoms with van der Waals surface area (Å²) in [4.78, 5) is 38.0. The van der Waals surface area contributed by atoms with Gasteiger partial charge < -0.3 is 15.7 Å².